The molecule has 0 saturated carbocycles. The van der Waals surface area contributed by atoms with Crippen LogP contribution in [0.5, 0.6) is 5.75 Å². The lowest BCUT2D eigenvalue weighted by molar-refractivity contribution is 0.146. The van der Waals surface area contributed by atoms with E-state index in [1.54, 1.807) is 7.11 Å². The Morgan fingerprint density at radius 3 is 2.52 bits per heavy atom. The highest BCUT2D eigenvalue weighted by molar-refractivity contribution is 5.48. The smallest absolute Gasteiger partial charge is 0.119 e. The average Bonchev–Trinajstić information content (AvgIpc) is 2.54. The van der Waals surface area contributed by atoms with Gasteiger partial charge in [-0.15, -0.1) is 0 Å². The molecule has 0 heterocycles. The number of hydrogen-bond acceptors (Lipinski definition) is 4. The Morgan fingerprint density at radius 1 is 1.05 bits per heavy atom. The van der Waals surface area contributed by atoms with E-state index in [1.807, 2.05) is 48.5 Å². The van der Waals surface area contributed by atoms with E-state index < -0.39 is 0 Å². The summed E-state index contributed by atoms with van der Waals surface area (Å²) >= 11 is 0. The van der Waals surface area contributed by atoms with Gasteiger partial charge in [0.2, 0.25) is 0 Å². The number of anilines is 1. The molecular formula is C17H18N2O2. The molecule has 0 radical (unpaired) electrons. The van der Waals surface area contributed by atoms with Crippen LogP contribution < -0.4 is 10.1 Å². The Hall–Kier alpha value is -2.51. The molecule has 0 unspecified atom stereocenters. The van der Waals surface area contributed by atoms with Gasteiger partial charge < -0.3 is 14.8 Å². The summed E-state index contributed by atoms with van der Waals surface area (Å²) in [6.07, 6.45) is 0. The molecule has 2 aromatic carbocycles. The fourth-order valence-corrected chi connectivity index (χ4v) is 1.89. The molecule has 0 bridgehead atoms. The molecule has 1 N–H and O–H groups in total. The average molecular weight is 282 g/mol. The zero-order valence-corrected chi connectivity index (χ0v) is 12.0. The van der Waals surface area contributed by atoms with Gasteiger partial charge in [-0.25, -0.2) is 0 Å². The number of benzene rings is 2. The van der Waals surface area contributed by atoms with Gasteiger partial charge in [0.25, 0.3) is 0 Å². The number of ether oxygens (including phenoxy) is 2. The van der Waals surface area contributed by atoms with Gasteiger partial charge in [-0.2, -0.15) is 5.26 Å². The second-order valence-corrected chi connectivity index (χ2v) is 4.49. The third-order valence-electron chi connectivity index (χ3n) is 3.03. The monoisotopic (exact) mass is 282 g/mol. The first kappa shape index (κ1) is 14.9. The first-order valence-corrected chi connectivity index (χ1v) is 6.77. The molecule has 0 atom stereocenters. The predicted octanol–water partition coefficient (Wildman–Crippen LogP) is 3.20. The molecule has 0 amide bonds. The van der Waals surface area contributed by atoms with E-state index >= 15 is 0 Å². The summed E-state index contributed by atoms with van der Waals surface area (Å²) < 4.78 is 10.4. The van der Waals surface area contributed by atoms with Gasteiger partial charge in [0.15, 0.2) is 0 Å². The molecule has 0 aromatic heterocycles. The summed E-state index contributed by atoms with van der Waals surface area (Å²) in [5.41, 5.74) is 2.67. The van der Waals surface area contributed by atoms with Crippen molar-refractivity contribution in [3.05, 3.63) is 59.7 Å². The van der Waals surface area contributed by atoms with Crippen LogP contribution in [0.3, 0.4) is 0 Å². The van der Waals surface area contributed by atoms with E-state index in [9.17, 15) is 0 Å². The number of methoxy groups -OCH3 is 1. The first-order chi connectivity index (χ1) is 10.3. The molecule has 0 fully saturated rings. The van der Waals surface area contributed by atoms with E-state index in [4.69, 9.17) is 14.7 Å². The summed E-state index contributed by atoms with van der Waals surface area (Å²) in [5.74, 6) is 0.815. The zero-order chi connectivity index (χ0) is 14.9. The lowest BCUT2D eigenvalue weighted by atomic mass is 10.1. The highest BCUT2D eigenvalue weighted by atomic mass is 16.5. The third-order valence-corrected chi connectivity index (χ3v) is 3.03. The van der Waals surface area contributed by atoms with Gasteiger partial charge in [0.1, 0.15) is 12.4 Å². The highest BCUT2D eigenvalue weighted by Crippen LogP contribution is 2.17. The van der Waals surface area contributed by atoms with Crippen molar-refractivity contribution in [2.24, 2.45) is 0 Å². The topological polar surface area (TPSA) is 54.3 Å². The van der Waals surface area contributed by atoms with Crippen molar-refractivity contribution in [1.29, 1.82) is 5.26 Å². The van der Waals surface area contributed by atoms with Gasteiger partial charge in [-0.1, -0.05) is 18.2 Å². The quantitative estimate of drug-likeness (QED) is 0.792. The van der Waals surface area contributed by atoms with E-state index in [2.05, 4.69) is 11.4 Å². The maximum Gasteiger partial charge on any atom is 0.119 e. The minimum Gasteiger partial charge on any atom is -0.491 e. The van der Waals surface area contributed by atoms with Crippen molar-refractivity contribution in [2.75, 3.05) is 25.6 Å². The molecule has 21 heavy (non-hydrogen) atoms. The minimum absolute atomic E-state index is 0.540. The number of rotatable bonds is 7. The van der Waals surface area contributed by atoms with Crippen LogP contribution in [0, 0.1) is 11.3 Å². The molecule has 0 saturated heterocycles. The molecule has 2 aromatic rings. The van der Waals surface area contributed by atoms with Crippen LogP contribution in [-0.4, -0.2) is 20.3 Å². The van der Waals surface area contributed by atoms with E-state index in [0.717, 1.165) is 17.0 Å². The van der Waals surface area contributed by atoms with Crippen LogP contribution in [0.25, 0.3) is 0 Å². The summed E-state index contributed by atoms with van der Waals surface area (Å²) in [6.45, 7) is 1.73. The van der Waals surface area contributed by atoms with Crippen LogP contribution in [0.4, 0.5) is 5.69 Å². The third kappa shape index (κ3) is 4.51. The van der Waals surface area contributed by atoms with Crippen molar-refractivity contribution in [3.63, 3.8) is 0 Å². The van der Waals surface area contributed by atoms with Crippen molar-refractivity contribution >= 4 is 5.69 Å². The van der Waals surface area contributed by atoms with Crippen LogP contribution in [0.15, 0.2) is 48.5 Å². The first-order valence-electron chi connectivity index (χ1n) is 6.77. The molecule has 0 aliphatic carbocycles. The lowest BCUT2D eigenvalue weighted by Crippen LogP contribution is -2.04. The molecule has 0 spiro atoms. The second-order valence-electron chi connectivity index (χ2n) is 4.49. The number of hydrogen-bond donors (Lipinski definition) is 1. The van der Waals surface area contributed by atoms with Gasteiger partial charge in [0, 0.05) is 19.3 Å². The SMILES string of the molecule is COCCOc1ccc(NCc2ccccc2C#N)cc1. The maximum absolute atomic E-state index is 9.05. The fourth-order valence-electron chi connectivity index (χ4n) is 1.89. The highest BCUT2D eigenvalue weighted by Gasteiger charge is 2.01. The van der Waals surface area contributed by atoms with Crippen molar-refractivity contribution < 1.29 is 9.47 Å². The van der Waals surface area contributed by atoms with E-state index in [1.165, 1.54) is 0 Å². The van der Waals surface area contributed by atoms with E-state index in [0.29, 0.717) is 25.3 Å². The molecule has 108 valence electrons. The normalized spacial score (nSPS) is 9.90. The van der Waals surface area contributed by atoms with Crippen molar-refractivity contribution in [2.45, 2.75) is 6.54 Å². The molecular weight excluding hydrogens is 264 g/mol. The van der Waals surface area contributed by atoms with Crippen molar-refractivity contribution in [3.8, 4) is 11.8 Å². The fraction of sp³-hybridized carbons (Fsp3) is 0.235. The Morgan fingerprint density at radius 2 is 1.81 bits per heavy atom. The summed E-state index contributed by atoms with van der Waals surface area (Å²) in [7, 11) is 1.65. The van der Waals surface area contributed by atoms with Crippen LogP contribution in [0.1, 0.15) is 11.1 Å². The molecule has 4 heteroatoms. The Labute approximate surface area is 124 Å². The number of nitrogens with one attached hydrogen (secondary N) is 1. The van der Waals surface area contributed by atoms with Gasteiger partial charge in [-0.3, -0.25) is 0 Å². The Kier molecular flexibility index (Phi) is 5.62. The van der Waals surface area contributed by atoms with Crippen LogP contribution in [0.2, 0.25) is 0 Å². The van der Waals surface area contributed by atoms with Gasteiger partial charge in [0.05, 0.1) is 18.2 Å². The van der Waals surface area contributed by atoms with Gasteiger partial charge >= 0.3 is 0 Å². The molecule has 4 nitrogen and oxygen atoms in total. The lowest BCUT2D eigenvalue weighted by Gasteiger charge is -2.09. The second kappa shape index (κ2) is 7.93. The largest absolute Gasteiger partial charge is 0.491 e. The van der Waals surface area contributed by atoms with E-state index in [-0.39, 0.29) is 0 Å². The number of nitriles is 1. The standard InChI is InChI=1S/C17H18N2O2/c1-20-10-11-21-17-8-6-16(7-9-17)19-13-15-5-3-2-4-14(15)12-18/h2-9,19H,10-11,13H2,1H3. The Bertz CT molecular complexity index is 603. The summed E-state index contributed by atoms with van der Waals surface area (Å²) in [5, 5.41) is 12.3. The zero-order valence-electron chi connectivity index (χ0n) is 12.0. The van der Waals surface area contributed by atoms with Crippen LogP contribution >= 0.6 is 0 Å². The van der Waals surface area contributed by atoms with Gasteiger partial charge in [-0.05, 0) is 35.9 Å². The predicted molar refractivity (Wildman–Crippen MR) is 82.3 cm³/mol. The number of nitrogens with zero attached hydrogens (tertiary/aromatic N) is 1. The van der Waals surface area contributed by atoms with Crippen molar-refractivity contribution in [1.82, 2.24) is 0 Å². The van der Waals surface area contributed by atoms with Crippen LogP contribution in [-0.2, 0) is 11.3 Å². The molecule has 2 rings (SSSR count). The molecule has 0 aliphatic heterocycles. The maximum atomic E-state index is 9.05. The minimum atomic E-state index is 0.540. The summed E-state index contributed by atoms with van der Waals surface area (Å²) in [6, 6.07) is 17.5. The Balaban J connectivity index is 1.90. The molecule has 0 aliphatic rings. The summed E-state index contributed by atoms with van der Waals surface area (Å²) in [4.78, 5) is 0.